The molecule has 0 fully saturated rings. The van der Waals surface area contributed by atoms with E-state index in [9.17, 15) is 9.59 Å². The Bertz CT molecular complexity index is 757. The summed E-state index contributed by atoms with van der Waals surface area (Å²) in [7, 11) is 0. The highest BCUT2D eigenvalue weighted by molar-refractivity contribution is 5.80. The number of ether oxygens (including phenoxy) is 2. The van der Waals surface area contributed by atoms with E-state index in [0.717, 1.165) is 11.1 Å². The van der Waals surface area contributed by atoms with Crippen LogP contribution in [-0.4, -0.2) is 43.3 Å². The van der Waals surface area contributed by atoms with Crippen LogP contribution in [0.2, 0.25) is 0 Å². The van der Waals surface area contributed by atoms with Crippen LogP contribution in [0.4, 0.5) is 4.79 Å². The van der Waals surface area contributed by atoms with Crippen molar-refractivity contribution in [1.29, 1.82) is 0 Å². The van der Waals surface area contributed by atoms with Crippen LogP contribution < -0.4 is 0 Å². The van der Waals surface area contributed by atoms with Gasteiger partial charge in [0, 0.05) is 12.5 Å². The maximum absolute atomic E-state index is 12.4. The summed E-state index contributed by atoms with van der Waals surface area (Å²) in [6.45, 7) is 4.37. The Morgan fingerprint density at radius 2 is 1.50 bits per heavy atom. The molecule has 26 heavy (non-hydrogen) atoms. The number of carbonyl (C=O) groups excluding carboxylic acids is 2. The Hall–Kier alpha value is -2.82. The smallest absolute Gasteiger partial charge is 0.410 e. The van der Waals surface area contributed by atoms with Crippen molar-refractivity contribution in [3.05, 3.63) is 59.7 Å². The number of nitrogens with zero attached hydrogens (tertiary/aromatic N) is 1. The standard InChI is InChI=1S/C21H23NO4/c1-3-22(13-20(23)25-4-2)21(24)26-14-19-17-11-7-5-9-15(17)16-10-6-8-12-18(16)19/h5-12,19H,3-4,13-14H2,1-2H3. The predicted molar refractivity (Wildman–Crippen MR) is 98.9 cm³/mol. The fourth-order valence-electron chi connectivity index (χ4n) is 3.35. The minimum atomic E-state index is -0.498. The molecule has 2 aromatic rings. The van der Waals surface area contributed by atoms with Gasteiger partial charge in [-0.15, -0.1) is 0 Å². The van der Waals surface area contributed by atoms with Crippen molar-refractivity contribution in [3.8, 4) is 11.1 Å². The number of rotatable bonds is 6. The number of hydrogen-bond donors (Lipinski definition) is 0. The van der Waals surface area contributed by atoms with Crippen LogP contribution in [-0.2, 0) is 14.3 Å². The van der Waals surface area contributed by atoms with Gasteiger partial charge in [-0.3, -0.25) is 9.69 Å². The first-order valence-corrected chi connectivity index (χ1v) is 8.91. The van der Waals surface area contributed by atoms with Gasteiger partial charge >= 0.3 is 12.1 Å². The van der Waals surface area contributed by atoms with Crippen LogP contribution in [0.3, 0.4) is 0 Å². The van der Waals surface area contributed by atoms with Gasteiger partial charge in [-0.05, 0) is 36.1 Å². The first-order chi connectivity index (χ1) is 12.7. The van der Waals surface area contributed by atoms with E-state index in [4.69, 9.17) is 9.47 Å². The van der Waals surface area contributed by atoms with Crippen LogP contribution in [0.25, 0.3) is 11.1 Å². The summed E-state index contributed by atoms with van der Waals surface area (Å²) in [6.07, 6.45) is -0.498. The molecular formula is C21H23NO4. The molecule has 0 saturated carbocycles. The minimum Gasteiger partial charge on any atom is -0.465 e. The van der Waals surface area contributed by atoms with E-state index in [1.165, 1.54) is 16.0 Å². The van der Waals surface area contributed by atoms with Crippen molar-refractivity contribution >= 4 is 12.1 Å². The maximum Gasteiger partial charge on any atom is 0.410 e. The molecule has 5 nitrogen and oxygen atoms in total. The first kappa shape index (κ1) is 18.0. The van der Waals surface area contributed by atoms with E-state index in [1.54, 1.807) is 13.8 Å². The molecule has 1 amide bonds. The van der Waals surface area contributed by atoms with Crippen molar-refractivity contribution in [1.82, 2.24) is 4.90 Å². The fraction of sp³-hybridized carbons (Fsp3) is 0.333. The predicted octanol–water partition coefficient (Wildman–Crippen LogP) is 3.82. The number of hydrogen-bond acceptors (Lipinski definition) is 4. The summed E-state index contributed by atoms with van der Waals surface area (Å²) in [4.78, 5) is 25.4. The monoisotopic (exact) mass is 353 g/mol. The zero-order valence-electron chi connectivity index (χ0n) is 15.1. The Morgan fingerprint density at radius 1 is 0.923 bits per heavy atom. The minimum absolute atomic E-state index is 0.00708. The molecule has 0 aromatic heterocycles. The topological polar surface area (TPSA) is 55.8 Å². The quantitative estimate of drug-likeness (QED) is 0.741. The van der Waals surface area contributed by atoms with Gasteiger partial charge < -0.3 is 9.47 Å². The van der Waals surface area contributed by atoms with Crippen molar-refractivity contribution in [2.75, 3.05) is 26.3 Å². The largest absolute Gasteiger partial charge is 0.465 e. The highest BCUT2D eigenvalue weighted by Gasteiger charge is 2.29. The summed E-state index contributed by atoms with van der Waals surface area (Å²) >= 11 is 0. The lowest BCUT2D eigenvalue weighted by molar-refractivity contribution is -0.144. The van der Waals surface area contributed by atoms with Gasteiger partial charge in [0.2, 0.25) is 0 Å². The maximum atomic E-state index is 12.4. The van der Waals surface area contributed by atoms with E-state index < -0.39 is 12.1 Å². The third-order valence-electron chi connectivity index (χ3n) is 4.60. The number of benzene rings is 2. The molecule has 2 aromatic carbocycles. The lowest BCUT2D eigenvalue weighted by atomic mass is 9.98. The van der Waals surface area contributed by atoms with Crippen LogP contribution >= 0.6 is 0 Å². The highest BCUT2D eigenvalue weighted by atomic mass is 16.6. The van der Waals surface area contributed by atoms with E-state index in [-0.39, 0.29) is 19.1 Å². The van der Waals surface area contributed by atoms with Gasteiger partial charge in [-0.1, -0.05) is 48.5 Å². The van der Waals surface area contributed by atoms with Crippen LogP contribution in [0, 0.1) is 0 Å². The summed E-state index contributed by atoms with van der Waals surface area (Å²) in [5.74, 6) is -0.421. The average Bonchev–Trinajstić information content (AvgIpc) is 2.98. The van der Waals surface area contributed by atoms with Gasteiger partial charge in [-0.25, -0.2) is 4.79 Å². The van der Waals surface area contributed by atoms with E-state index in [0.29, 0.717) is 13.2 Å². The zero-order chi connectivity index (χ0) is 18.5. The van der Waals surface area contributed by atoms with E-state index in [1.807, 2.05) is 24.3 Å². The average molecular weight is 353 g/mol. The molecule has 0 saturated heterocycles. The molecule has 0 heterocycles. The van der Waals surface area contributed by atoms with Crippen molar-refractivity contribution in [2.45, 2.75) is 19.8 Å². The van der Waals surface area contributed by atoms with Gasteiger partial charge in [0.25, 0.3) is 0 Å². The second-order valence-corrected chi connectivity index (χ2v) is 6.12. The summed E-state index contributed by atoms with van der Waals surface area (Å²) < 4.78 is 10.5. The lowest BCUT2D eigenvalue weighted by Crippen LogP contribution is -2.37. The molecule has 136 valence electrons. The van der Waals surface area contributed by atoms with E-state index in [2.05, 4.69) is 24.3 Å². The molecule has 3 rings (SSSR count). The van der Waals surface area contributed by atoms with Crippen LogP contribution in [0.15, 0.2) is 48.5 Å². The Balaban J connectivity index is 1.71. The molecular weight excluding hydrogens is 330 g/mol. The van der Waals surface area contributed by atoms with Crippen molar-refractivity contribution < 1.29 is 19.1 Å². The Labute approximate surface area is 153 Å². The Kier molecular flexibility index (Phi) is 5.56. The number of carbonyl (C=O) groups is 2. The van der Waals surface area contributed by atoms with Gasteiger partial charge in [0.05, 0.1) is 6.61 Å². The van der Waals surface area contributed by atoms with Gasteiger partial charge in [0.1, 0.15) is 13.2 Å². The van der Waals surface area contributed by atoms with Crippen molar-refractivity contribution in [2.24, 2.45) is 0 Å². The number of esters is 1. The third kappa shape index (κ3) is 3.57. The number of likely N-dealkylation sites (N-methyl/N-ethyl adjacent to an activating group) is 1. The summed E-state index contributed by atoms with van der Waals surface area (Å²) in [5, 5.41) is 0. The zero-order valence-corrected chi connectivity index (χ0v) is 15.1. The molecule has 5 heteroatoms. The molecule has 0 bridgehead atoms. The molecule has 0 aliphatic heterocycles. The number of fused-ring (bicyclic) bond motifs is 3. The molecule has 0 spiro atoms. The van der Waals surface area contributed by atoms with Crippen molar-refractivity contribution in [3.63, 3.8) is 0 Å². The summed E-state index contributed by atoms with van der Waals surface area (Å²) in [5.41, 5.74) is 4.69. The number of amides is 1. The molecule has 1 aliphatic carbocycles. The van der Waals surface area contributed by atoms with E-state index >= 15 is 0 Å². The molecule has 0 N–H and O–H groups in total. The molecule has 0 unspecified atom stereocenters. The van der Waals surface area contributed by atoms with Gasteiger partial charge in [-0.2, -0.15) is 0 Å². The second kappa shape index (κ2) is 8.04. The second-order valence-electron chi connectivity index (χ2n) is 6.12. The molecule has 0 radical (unpaired) electrons. The molecule has 1 aliphatic rings. The lowest BCUT2D eigenvalue weighted by Gasteiger charge is -2.21. The highest BCUT2D eigenvalue weighted by Crippen LogP contribution is 2.44. The first-order valence-electron chi connectivity index (χ1n) is 8.91. The van der Waals surface area contributed by atoms with Gasteiger partial charge in [0.15, 0.2) is 0 Å². The fourth-order valence-corrected chi connectivity index (χ4v) is 3.35. The van der Waals surface area contributed by atoms with Crippen LogP contribution in [0.5, 0.6) is 0 Å². The van der Waals surface area contributed by atoms with Crippen LogP contribution in [0.1, 0.15) is 30.9 Å². The normalized spacial score (nSPS) is 12.2. The SMILES string of the molecule is CCOC(=O)CN(CC)C(=O)OCC1c2ccccc2-c2ccccc21. The molecule has 0 atom stereocenters. The Morgan fingerprint density at radius 3 is 2.04 bits per heavy atom. The summed E-state index contributed by atoms with van der Waals surface area (Å²) in [6, 6.07) is 16.4. The third-order valence-corrected chi connectivity index (χ3v) is 4.60.